The van der Waals surface area contributed by atoms with E-state index in [1.165, 1.54) is 0 Å². The maximum Gasteiger partial charge on any atom is 0.111 e. The maximum atomic E-state index is 4.29. The average Bonchev–Trinajstić information content (AvgIpc) is 2.78. The number of pyridine rings is 1. The topological polar surface area (TPSA) is 54.5 Å². The number of hydrogen-bond donors (Lipinski definition) is 1. The van der Waals surface area contributed by atoms with Gasteiger partial charge in [-0.1, -0.05) is 6.07 Å². The zero-order valence-corrected chi connectivity index (χ0v) is 7.88. The minimum atomic E-state index is 0.859. The fraction of sp³-hybridized carbons (Fsp3) is 0. The number of aromatic nitrogens is 4. The van der Waals surface area contributed by atoms with Crippen LogP contribution < -0.4 is 0 Å². The van der Waals surface area contributed by atoms with E-state index in [1.807, 2.05) is 30.5 Å². The molecule has 0 aliphatic heterocycles. The zero-order chi connectivity index (χ0) is 10.1. The highest BCUT2D eigenvalue weighted by Gasteiger charge is 2.06. The van der Waals surface area contributed by atoms with Crippen molar-refractivity contribution in [2.45, 2.75) is 0 Å². The number of H-pyrrole nitrogens is 1. The second-order valence-corrected chi connectivity index (χ2v) is 3.21. The van der Waals surface area contributed by atoms with Crippen LogP contribution in [0.1, 0.15) is 0 Å². The van der Waals surface area contributed by atoms with Crippen LogP contribution in [0, 0.1) is 0 Å². The van der Waals surface area contributed by atoms with Crippen LogP contribution in [0.5, 0.6) is 0 Å². The van der Waals surface area contributed by atoms with Gasteiger partial charge in [0.2, 0.25) is 0 Å². The SMILES string of the molecule is c1ccc(-c2cnnc3cc[nH]c23)nc1. The standard InChI is InChI=1S/C11H8N4/c1-2-5-12-9(3-1)8-7-14-15-10-4-6-13-11(8)10/h1-7,13H. The van der Waals surface area contributed by atoms with E-state index >= 15 is 0 Å². The monoisotopic (exact) mass is 196 g/mol. The van der Waals surface area contributed by atoms with Gasteiger partial charge < -0.3 is 4.98 Å². The Labute approximate surface area is 86.0 Å². The quantitative estimate of drug-likeness (QED) is 0.647. The van der Waals surface area contributed by atoms with Gasteiger partial charge in [-0.2, -0.15) is 5.10 Å². The van der Waals surface area contributed by atoms with Crippen LogP contribution in [0.15, 0.2) is 42.9 Å². The van der Waals surface area contributed by atoms with Crippen LogP contribution in [-0.4, -0.2) is 20.2 Å². The fourth-order valence-electron chi connectivity index (χ4n) is 1.59. The Kier molecular flexibility index (Phi) is 1.71. The van der Waals surface area contributed by atoms with Gasteiger partial charge in [0.05, 0.1) is 17.4 Å². The van der Waals surface area contributed by atoms with E-state index in [4.69, 9.17) is 0 Å². The average molecular weight is 196 g/mol. The van der Waals surface area contributed by atoms with Crippen molar-refractivity contribution in [3.8, 4) is 11.3 Å². The Hall–Kier alpha value is -2.23. The minimum Gasteiger partial charge on any atom is -0.359 e. The van der Waals surface area contributed by atoms with Crippen molar-refractivity contribution >= 4 is 11.0 Å². The molecule has 0 saturated heterocycles. The first-order chi connectivity index (χ1) is 7.45. The van der Waals surface area contributed by atoms with Crippen molar-refractivity contribution in [2.24, 2.45) is 0 Å². The van der Waals surface area contributed by atoms with E-state index in [-0.39, 0.29) is 0 Å². The van der Waals surface area contributed by atoms with E-state index in [0.717, 1.165) is 22.3 Å². The van der Waals surface area contributed by atoms with E-state index in [0.29, 0.717) is 0 Å². The molecule has 0 bridgehead atoms. The van der Waals surface area contributed by atoms with Gasteiger partial charge in [0.1, 0.15) is 5.52 Å². The van der Waals surface area contributed by atoms with Crippen molar-refractivity contribution in [1.82, 2.24) is 20.2 Å². The highest BCUT2D eigenvalue weighted by molar-refractivity contribution is 5.89. The molecule has 0 aromatic carbocycles. The van der Waals surface area contributed by atoms with Gasteiger partial charge in [-0.15, -0.1) is 5.10 Å². The molecular weight excluding hydrogens is 188 g/mol. The Bertz CT molecular complexity index is 586. The molecule has 72 valence electrons. The Balaban J connectivity index is 2.31. The van der Waals surface area contributed by atoms with Gasteiger partial charge >= 0.3 is 0 Å². The van der Waals surface area contributed by atoms with Gasteiger partial charge in [0.25, 0.3) is 0 Å². The zero-order valence-electron chi connectivity index (χ0n) is 7.88. The molecule has 4 nitrogen and oxygen atoms in total. The smallest absolute Gasteiger partial charge is 0.111 e. The molecule has 0 aliphatic carbocycles. The maximum absolute atomic E-state index is 4.29. The van der Waals surface area contributed by atoms with Gasteiger partial charge in [-0.25, -0.2) is 0 Å². The Morgan fingerprint density at radius 3 is 3.00 bits per heavy atom. The molecule has 0 fully saturated rings. The number of aromatic amines is 1. The number of rotatable bonds is 1. The van der Waals surface area contributed by atoms with Crippen LogP contribution in [-0.2, 0) is 0 Å². The lowest BCUT2D eigenvalue weighted by Gasteiger charge is -2.00. The third kappa shape index (κ3) is 1.27. The lowest BCUT2D eigenvalue weighted by molar-refractivity contribution is 1.07. The van der Waals surface area contributed by atoms with Gasteiger partial charge in [-0.3, -0.25) is 4.98 Å². The highest BCUT2D eigenvalue weighted by Crippen LogP contribution is 2.22. The van der Waals surface area contributed by atoms with E-state index in [1.54, 1.807) is 12.4 Å². The number of hydrogen-bond acceptors (Lipinski definition) is 3. The normalized spacial score (nSPS) is 10.7. The summed E-state index contributed by atoms with van der Waals surface area (Å²) < 4.78 is 0. The molecule has 0 amide bonds. The minimum absolute atomic E-state index is 0.859. The molecule has 0 atom stereocenters. The summed E-state index contributed by atoms with van der Waals surface area (Å²) >= 11 is 0. The van der Waals surface area contributed by atoms with Crippen LogP contribution in [0.2, 0.25) is 0 Å². The molecule has 3 rings (SSSR count). The second kappa shape index (κ2) is 3.16. The summed E-state index contributed by atoms with van der Waals surface area (Å²) in [5.41, 5.74) is 3.72. The summed E-state index contributed by atoms with van der Waals surface area (Å²) in [6.45, 7) is 0. The molecule has 15 heavy (non-hydrogen) atoms. The summed E-state index contributed by atoms with van der Waals surface area (Å²) in [6, 6.07) is 7.70. The second-order valence-electron chi connectivity index (χ2n) is 3.21. The number of nitrogens with zero attached hydrogens (tertiary/aromatic N) is 3. The summed E-state index contributed by atoms with van der Waals surface area (Å²) in [5, 5.41) is 7.97. The highest BCUT2D eigenvalue weighted by atomic mass is 15.1. The van der Waals surface area contributed by atoms with Crippen molar-refractivity contribution in [2.75, 3.05) is 0 Å². The third-order valence-corrected chi connectivity index (χ3v) is 2.29. The lowest BCUT2D eigenvalue weighted by atomic mass is 10.2. The summed E-state index contributed by atoms with van der Waals surface area (Å²) in [4.78, 5) is 7.44. The van der Waals surface area contributed by atoms with Crippen molar-refractivity contribution < 1.29 is 0 Å². The van der Waals surface area contributed by atoms with E-state index in [2.05, 4.69) is 20.2 Å². The van der Waals surface area contributed by atoms with Crippen molar-refractivity contribution in [1.29, 1.82) is 0 Å². The first-order valence-corrected chi connectivity index (χ1v) is 4.65. The van der Waals surface area contributed by atoms with Gasteiger partial charge in [-0.05, 0) is 18.2 Å². The molecule has 3 heterocycles. The predicted molar refractivity (Wildman–Crippen MR) is 57.1 cm³/mol. The molecular formula is C11H8N4. The van der Waals surface area contributed by atoms with E-state index < -0.39 is 0 Å². The summed E-state index contributed by atoms with van der Waals surface area (Å²) in [6.07, 6.45) is 5.34. The van der Waals surface area contributed by atoms with Crippen LogP contribution in [0.25, 0.3) is 22.3 Å². The predicted octanol–water partition coefficient (Wildman–Crippen LogP) is 2.02. The number of fused-ring (bicyclic) bond motifs is 1. The molecule has 1 N–H and O–H groups in total. The number of nitrogens with one attached hydrogen (secondary N) is 1. The van der Waals surface area contributed by atoms with Gasteiger partial charge in [0.15, 0.2) is 0 Å². The Morgan fingerprint density at radius 1 is 1.13 bits per heavy atom. The molecule has 4 heteroatoms. The Morgan fingerprint density at radius 2 is 2.13 bits per heavy atom. The summed E-state index contributed by atoms with van der Waals surface area (Å²) in [5.74, 6) is 0. The van der Waals surface area contributed by atoms with Crippen molar-refractivity contribution in [3.05, 3.63) is 42.9 Å². The fourth-order valence-corrected chi connectivity index (χ4v) is 1.59. The molecule has 3 aromatic heterocycles. The molecule has 0 saturated carbocycles. The van der Waals surface area contributed by atoms with Crippen LogP contribution >= 0.6 is 0 Å². The molecule has 3 aromatic rings. The first kappa shape index (κ1) is 8.11. The molecule has 0 unspecified atom stereocenters. The molecule has 0 aliphatic rings. The van der Waals surface area contributed by atoms with Crippen molar-refractivity contribution in [3.63, 3.8) is 0 Å². The largest absolute Gasteiger partial charge is 0.359 e. The molecule has 0 spiro atoms. The van der Waals surface area contributed by atoms with E-state index in [9.17, 15) is 0 Å². The summed E-state index contributed by atoms with van der Waals surface area (Å²) in [7, 11) is 0. The van der Waals surface area contributed by atoms with Crippen LogP contribution in [0.4, 0.5) is 0 Å². The lowest BCUT2D eigenvalue weighted by Crippen LogP contribution is -1.88. The molecule has 0 radical (unpaired) electrons. The first-order valence-electron chi connectivity index (χ1n) is 4.65. The van der Waals surface area contributed by atoms with Crippen LogP contribution in [0.3, 0.4) is 0 Å². The van der Waals surface area contributed by atoms with Gasteiger partial charge in [0, 0.05) is 18.0 Å². The third-order valence-electron chi connectivity index (χ3n) is 2.29.